The molecule has 10 heavy (non-hydrogen) atoms. The van der Waals surface area contributed by atoms with Crippen molar-refractivity contribution in [2.75, 3.05) is 0 Å². The zero-order valence-electron chi connectivity index (χ0n) is 6.26. The van der Waals surface area contributed by atoms with E-state index in [0.29, 0.717) is 12.5 Å². The quantitative estimate of drug-likeness (QED) is 0.573. The highest BCUT2D eigenvalue weighted by molar-refractivity contribution is 5.79. The van der Waals surface area contributed by atoms with Crippen LogP contribution >= 0.6 is 0 Å². The maximum atomic E-state index is 10.8. The predicted molar refractivity (Wildman–Crippen MR) is 40.6 cm³/mol. The molecule has 0 aromatic heterocycles. The van der Waals surface area contributed by atoms with Gasteiger partial charge in [-0.2, -0.15) is 0 Å². The largest absolute Gasteiger partial charge is 0.350 e. The summed E-state index contributed by atoms with van der Waals surface area (Å²) in [6, 6.07) is 0.297. The minimum Gasteiger partial charge on any atom is -0.350 e. The molecule has 0 spiro atoms. The molecule has 56 valence electrons. The van der Waals surface area contributed by atoms with Crippen molar-refractivity contribution in [3.8, 4) is 0 Å². The Morgan fingerprint density at radius 1 is 1.80 bits per heavy atom. The maximum absolute atomic E-state index is 10.8. The molecule has 0 aromatic carbocycles. The lowest BCUT2D eigenvalue weighted by Gasteiger charge is -2.16. The summed E-state index contributed by atoms with van der Waals surface area (Å²) in [7, 11) is 0. The van der Waals surface area contributed by atoms with Gasteiger partial charge in [0, 0.05) is 12.5 Å². The Kier molecular flexibility index (Phi) is 2.49. The van der Waals surface area contributed by atoms with Gasteiger partial charge in [-0.05, 0) is 6.42 Å². The number of nitrogens with one attached hydrogen (secondary N) is 1. The average molecular weight is 139 g/mol. The normalized spacial score (nSPS) is 24.5. The van der Waals surface area contributed by atoms with Crippen LogP contribution in [0.3, 0.4) is 0 Å². The van der Waals surface area contributed by atoms with Crippen LogP contribution in [0.15, 0.2) is 12.2 Å². The lowest BCUT2D eigenvalue weighted by atomic mass is 10.1. The number of carbonyl (C=O) groups is 1. The van der Waals surface area contributed by atoms with Gasteiger partial charge in [0.1, 0.15) is 0 Å². The van der Waals surface area contributed by atoms with Crippen molar-refractivity contribution < 1.29 is 4.79 Å². The molecule has 1 N–H and O–H groups in total. The fourth-order valence-electron chi connectivity index (χ4n) is 1.13. The molecule has 0 radical (unpaired) electrons. The summed E-state index contributed by atoms with van der Waals surface area (Å²) in [5, 5.41) is 2.89. The van der Waals surface area contributed by atoms with E-state index in [9.17, 15) is 4.79 Å². The Balaban J connectivity index is 2.39. The molecule has 1 atom stereocenters. The van der Waals surface area contributed by atoms with Gasteiger partial charge in [-0.15, -0.1) is 0 Å². The third-order valence-corrected chi connectivity index (χ3v) is 1.62. The molecule has 1 amide bonds. The zero-order chi connectivity index (χ0) is 7.40. The molecule has 0 saturated heterocycles. The molecule has 1 rings (SSSR count). The highest BCUT2D eigenvalue weighted by Crippen LogP contribution is 2.03. The topological polar surface area (TPSA) is 29.1 Å². The van der Waals surface area contributed by atoms with Crippen LogP contribution in [0.2, 0.25) is 0 Å². The van der Waals surface area contributed by atoms with Gasteiger partial charge in [0.05, 0.1) is 0 Å². The lowest BCUT2D eigenvalue weighted by Crippen LogP contribution is -2.35. The van der Waals surface area contributed by atoms with E-state index < -0.39 is 0 Å². The van der Waals surface area contributed by atoms with Gasteiger partial charge in [-0.25, -0.2) is 0 Å². The van der Waals surface area contributed by atoms with Crippen molar-refractivity contribution in [2.45, 2.75) is 32.2 Å². The van der Waals surface area contributed by atoms with Gasteiger partial charge in [-0.3, -0.25) is 4.79 Å². The minimum atomic E-state index is 0.154. The van der Waals surface area contributed by atoms with Crippen molar-refractivity contribution in [3.05, 3.63) is 12.2 Å². The van der Waals surface area contributed by atoms with E-state index in [-0.39, 0.29) is 5.91 Å². The Hall–Kier alpha value is -0.790. The smallest absolute Gasteiger partial charge is 0.224 e. The SMILES string of the molecule is CCC[C@@H]1C=CCC(=O)N1. The maximum Gasteiger partial charge on any atom is 0.224 e. The Morgan fingerprint density at radius 2 is 2.60 bits per heavy atom. The van der Waals surface area contributed by atoms with Crippen LogP contribution < -0.4 is 5.32 Å². The van der Waals surface area contributed by atoms with Crippen LogP contribution in [0.1, 0.15) is 26.2 Å². The van der Waals surface area contributed by atoms with Crippen LogP contribution in [0.25, 0.3) is 0 Å². The molecule has 0 fully saturated rings. The van der Waals surface area contributed by atoms with Gasteiger partial charge >= 0.3 is 0 Å². The first-order chi connectivity index (χ1) is 4.83. The van der Waals surface area contributed by atoms with E-state index in [1.807, 2.05) is 6.08 Å². The van der Waals surface area contributed by atoms with Crippen molar-refractivity contribution in [1.82, 2.24) is 5.32 Å². The van der Waals surface area contributed by atoms with Crippen molar-refractivity contribution in [2.24, 2.45) is 0 Å². The lowest BCUT2D eigenvalue weighted by molar-refractivity contribution is -0.121. The highest BCUT2D eigenvalue weighted by Gasteiger charge is 2.10. The molecule has 0 bridgehead atoms. The summed E-state index contributed by atoms with van der Waals surface area (Å²) < 4.78 is 0. The van der Waals surface area contributed by atoms with Crippen LogP contribution in [0.4, 0.5) is 0 Å². The molecule has 2 nitrogen and oxygen atoms in total. The molecular formula is C8H13NO. The summed E-state index contributed by atoms with van der Waals surface area (Å²) in [4.78, 5) is 10.8. The van der Waals surface area contributed by atoms with Crippen LogP contribution in [0, 0.1) is 0 Å². The van der Waals surface area contributed by atoms with Crippen LogP contribution in [-0.4, -0.2) is 11.9 Å². The molecule has 0 aliphatic carbocycles. The fourth-order valence-corrected chi connectivity index (χ4v) is 1.13. The van der Waals surface area contributed by atoms with Gasteiger partial charge in [0.25, 0.3) is 0 Å². The van der Waals surface area contributed by atoms with E-state index >= 15 is 0 Å². The van der Waals surface area contributed by atoms with Gasteiger partial charge in [-0.1, -0.05) is 25.5 Å². The van der Waals surface area contributed by atoms with E-state index in [1.54, 1.807) is 0 Å². The molecule has 1 aliphatic heterocycles. The number of hydrogen-bond acceptors (Lipinski definition) is 1. The zero-order valence-corrected chi connectivity index (χ0v) is 6.26. The second kappa shape index (κ2) is 3.40. The average Bonchev–Trinajstić information content (AvgIpc) is 1.88. The number of hydrogen-bond donors (Lipinski definition) is 1. The predicted octanol–water partition coefficient (Wildman–Crippen LogP) is 1.23. The Labute approximate surface area is 61.3 Å². The van der Waals surface area contributed by atoms with Gasteiger partial charge < -0.3 is 5.32 Å². The second-order valence-corrected chi connectivity index (χ2v) is 2.59. The molecular weight excluding hydrogens is 126 g/mol. The minimum absolute atomic E-state index is 0.154. The van der Waals surface area contributed by atoms with Gasteiger partial charge in [0.15, 0.2) is 0 Å². The van der Waals surface area contributed by atoms with Crippen molar-refractivity contribution in [1.29, 1.82) is 0 Å². The first-order valence-corrected chi connectivity index (χ1v) is 3.79. The summed E-state index contributed by atoms with van der Waals surface area (Å²) >= 11 is 0. The first-order valence-electron chi connectivity index (χ1n) is 3.79. The summed E-state index contributed by atoms with van der Waals surface area (Å²) in [5.74, 6) is 0.154. The van der Waals surface area contributed by atoms with Crippen molar-refractivity contribution >= 4 is 5.91 Å². The van der Waals surface area contributed by atoms with Crippen LogP contribution in [-0.2, 0) is 4.79 Å². The Morgan fingerprint density at radius 3 is 3.20 bits per heavy atom. The molecule has 1 aliphatic rings. The molecule has 0 unspecified atom stereocenters. The summed E-state index contributed by atoms with van der Waals surface area (Å²) in [5.41, 5.74) is 0. The Bertz CT molecular complexity index is 151. The van der Waals surface area contributed by atoms with E-state index in [2.05, 4.69) is 18.3 Å². The fraction of sp³-hybridized carbons (Fsp3) is 0.625. The number of amides is 1. The number of rotatable bonds is 2. The third kappa shape index (κ3) is 1.87. The number of carbonyl (C=O) groups excluding carboxylic acids is 1. The summed E-state index contributed by atoms with van der Waals surface area (Å²) in [6.45, 7) is 2.12. The van der Waals surface area contributed by atoms with E-state index in [1.165, 1.54) is 0 Å². The second-order valence-electron chi connectivity index (χ2n) is 2.59. The molecule has 0 saturated carbocycles. The molecule has 1 heterocycles. The summed E-state index contributed by atoms with van der Waals surface area (Å²) in [6.07, 6.45) is 6.75. The van der Waals surface area contributed by atoms with Gasteiger partial charge in [0.2, 0.25) is 5.91 Å². The first kappa shape index (κ1) is 7.32. The molecule has 2 heteroatoms. The van der Waals surface area contributed by atoms with E-state index in [0.717, 1.165) is 12.8 Å². The third-order valence-electron chi connectivity index (χ3n) is 1.62. The standard InChI is InChI=1S/C8H13NO/c1-2-4-7-5-3-6-8(10)9-7/h3,5,7H,2,4,6H2,1H3,(H,9,10)/t7-/m1/s1. The molecule has 0 aromatic rings. The monoisotopic (exact) mass is 139 g/mol. The van der Waals surface area contributed by atoms with Crippen molar-refractivity contribution in [3.63, 3.8) is 0 Å². The highest BCUT2D eigenvalue weighted by atomic mass is 16.1. The van der Waals surface area contributed by atoms with E-state index in [4.69, 9.17) is 0 Å². The van der Waals surface area contributed by atoms with Crippen LogP contribution in [0.5, 0.6) is 0 Å².